The Morgan fingerprint density at radius 1 is 1.23 bits per heavy atom. The molecule has 0 fully saturated rings. The van der Waals surface area contributed by atoms with Crippen molar-refractivity contribution in [2.24, 2.45) is 0 Å². The molecule has 0 aliphatic carbocycles. The highest BCUT2D eigenvalue weighted by Gasteiger charge is 2.28. The van der Waals surface area contributed by atoms with Gasteiger partial charge in [-0.05, 0) is 38.3 Å². The molecule has 0 N–H and O–H groups in total. The number of aryl methyl sites for hydroxylation is 2. The quantitative estimate of drug-likeness (QED) is 0.814. The van der Waals surface area contributed by atoms with E-state index in [1.165, 1.54) is 18.8 Å². The summed E-state index contributed by atoms with van der Waals surface area (Å²) in [5.74, 6) is -0.0865. The van der Waals surface area contributed by atoms with Crippen LogP contribution in [0.3, 0.4) is 0 Å². The number of amides is 1. The van der Waals surface area contributed by atoms with Crippen LogP contribution in [-0.4, -0.2) is 49.1 Å². The van der Waals surface area contributed by atoms with Crippen molar-refractivity contribution >= 4 is 21.6 Å². The Hall–Kier alpha value is -2.19. The molecule has 0 atom stereocenters. The van der Waals surface area contributed by atoms with Crippen molar-refractivity contribution < 1.29 is 13.2 Å². The van der Waals surface area contributed by atoms with Crippen molar-refractivity contribution in [2.45, 2.75) is 38.1 Å². The number of hydrogen-bond donors (Lipinski definition) is 0. The Balaban J connectivity index is 1.91. The van der Waals surface area contributed by atoms with Gasteiger partial charge >= 0.3 is 0 Å². The number of fused-ring (bicyclic) bond motifs is 1. The van der Waals surface area contributed by atoms with Crippen molar-refractivity contribution in [3.8, 4) is 0 Å². The number of carbonyl (C=O) groups excluding carboxylic acids is 1. The van der Waals surface area contributed by atoms with E-state index in [4.69, 9.17) is 0 Å². The van der Waals surface area contributed by atoms with Crippen molar-refractivity contribution in [1.82, 2.24) is 14.1 Å². The van der Waals surface area contributed by atoms with E-state index in [9.17, 15) is 13.2 Å². The van der Waals surface area contributed by atoms with E-state index < -0.39 is 10.0 Å². The second kappa shape index (κ2) is 6.85. The molecule has 7 nitrogen and oxygen atoms in total. The van der Waals surface area contributed by atoms with Gasteiger partial charge < -0.3 is 4.90 Å². The van der Waals surface area contributed by atoms with Crippen LogP contribution in [0.4, 0.5) is 5.69 Å². The molecule has 0 spiro atoms. The summed E-state index contributed by atoms with van der Waals surface area (Å²) in [6.45, 7) is 4.02. The topological polar surface area (TPSA) is 75.5 Å². The number of hydrogen-bond acceptors (Lipinski definition) is 4. The first-order chi connectivity index (χ1) is 12.2. The summed E-state index contributed by atoms with van der Waals surface area (Å²) in [6, 6.07) is 7.90. The van der Waals surface area contributed by atoms with Gasteiger partial charge in [-0.25, -0.2) is 12.7 Å². The van der Waals surface area contributed by atoms with E-state index in [2.05, 4.69) is 5.10 Å². The number of aromatic nitrogens is 2. The lowest BCUT2D eigenvalue weighted by Gasteiger charge is -2.29. The third-order valence-electron chi connectivity index (χ3n) is 4.75. The lowest BCUT2D eigenvalue weighted by molar-refractivity contribution is -0.119. The van der Waals surface area contributed by atoms with Gasteiger partial charge in [-0.3, -0.25) is 9.48 Å². The average Bonchev–Trinajstić information content (AvgIpc) is 2.88. The molecule has 3 rings (SSSR count). The maximum absolute atomic E-state index is 12.9. The van der Waals surface area contributed by atoms with E-state index in [-0.39, 0.29) is 17.3 Å². The van der Waals surface area contributed by atoms with Crippen molar-refractivity contribution in [3.05, 3.63) is 41.2 Å². The van der Waals surface area contributed by atoms with E-state index in [1.807, 2.05) is 24.3 Å². The van der Waals surface area contributed by atoms with E-state index in [1.54, 1.807) is 18.7 Å². The molecular weight excluding hydrogens is 352 g/mol. The minimum atomic E-state index is -3.60. The molecule has 1 amide bonds. The average molecular weight is 376 g/mol. The van der Waals surface area contributed by atoms with Gasteiger partial charge in [0.1, 0.15) is 11.4 Å². The number of benzene rings is 1. The summed E-state index contributed by atoms with van der Waals surface area (Å²) in [5.41, 5.74) is 2.99. The molecule has 2 heterocycles. The van der Waals surface area contributed by atoms with E-state index in [0.29, 0.717) is 17.9 Å². The molecule has 2 aromatic rings. The van der Waals surface area contributed by atoms with Gasteiger partial charge in [0.25, 0.3) is 0 Å². The van der Waals surface area contributed by atoms with Crippen LogP contribution < -0.4 is 4.90 Å². The monoisotopic (exact) mass is 376 g/mol. The largest absolute Gasteiger partial charge is 0.311 e. The number of nitrogens with zero attached hydrogens (tertiary/aromatic N) is 4. The molecule has 0 saturated heterocycles. The van der Waals surface area contributed by atoms with Crippen molar-refractivity contribution in [3.63, 3.8) is 0 Å². The summed E-state index contributed by atoms with van der Waals surface area (Å²) >= 11 is 0. The normalized spacial score (nSPS) is 14.6. The SMILES string of the molecule is Cc1nn(CC(=O)N2CCCc3ccccc32)c(C)c1S(=O)(=O)N(C)C. The summed E-state index contributed by atoms with van der Waals surface area (Å²) < 4.78 is 27.7. The number of para-hydroxylation sites is 1. The first-order valence-electron chi connectivity index (χ1n) is 8.58. The summed E-state index contributed by atoms with van der Waals surface area (Å²) in [4.78, 5) is 14.8. The van der Waals surface area contributed by atoms with Gasteiger partial charge in [-0.15, -0.1) is 0 Å². The number of carbonyl (C=O) groups is 1. The zero-order valence-corrected chi connectivity index (χ0v) is 16.4. The first kappa shape index (κ1) is 18.6. The summed E-state index contributed by atoms with van der Waals surface area (Å²) in [5, 5.41) is 4.31. The minimum absolute atomic E-state index is 0.0178. The fourth-order valence-electron chi connectivity index (χ4n) is 3.40. The highest BCUT2D eigenvalue weighted by Crippen LogP contribution is 2.27. The molecule has 0 unspecified atom stereocenters. The van der Waals surface area contributed by atoms with Crippen LogP contribution >= 0.6 is 0 Å². The van der Waals surface area contributed by atoms with Gasteiger partial charge in [0.2, 0.25) is 15.9 Å². The highest BCUT2D eigenvalue weighted by molar-refractivity contribution is 7.89. The lowest BCUT2D eigenvalue weighted by atomic mass is 10.0. The molecule has 1 aromatic heterocycles. The predicted octanol–water partition coefficient (Wildman–Crippen LogP) is 1.73. The molecule has 8 heteroatoms. The Kier molecular flexibility index (Phi) is 4.90. The van der Waals surface area contributed by atoms with Crippen LogP contribution in [0.5, 0.6) is 0 Å². The highest BCUT2D eigenvalue weighted by atomic mass is 32.2. The van der Waals surface area contributed by atoms with Crippen LogP contribution in [0.2, 0.25) is 0 Å². The van der Waals surface area contributed by atoms with Gasteiger partial charge in [-0.1, -0.05) is 18.2 Å². The smallest absolute Gasteiger partial charge is 0.248 e. The molecule has 1 aliphatic heterocycles. The number of anilines is 1. The predicted molar refractivity (Wildman–Crippen MR) is 99.7 cm³/mol. The second-order valence-electron chi connectivity index (χ2n) is 6.72. The fraction of sp³-hybridized carbons (Fsp3) is 0.444. The van der Waals surface area contributed by atoms with E-state index in [0.717, 1.165) is 28.4 Å². The Labute approximate surface area is 154 Å². The third-order valence-corrected chi connectivity index (χ3v) is 6.82. The zero-order valence-electron chi connectivity index (χ0n) is 15.6. The Morgan fingerprint density at radius 2 is 1.92 bits per heavy atom. The maximum Gasteiger partial charge on any atom is 0.248 e. The van der Waals surface area contributed by atoms with Crippen LogP contribution in [0, 0.1) is 13.8 Å². The summed E-state index contributed by atoms with van der Waals surface area (Å²) in [6.07, 6.45) is 1.88. The van der Waals surface area contributed by atoms with Crippen molar-refractivity contribution in [1.29, 1.82) is 0 Å². The fourth-order valence-corrected chi connectivity index (χ4v) is 4.65. The van der Waals surface area contributed by atoms with Gasteiger partial charge in [0, 0.05) is 26.3 Å². The van der Waals surface area contributed by atoms with Crippen LogP contribution in [-0.2, 0) is 27.8 Å². The Morgan fingerprint density at radius 3 is 2.62 bits per heavy atom. The molecule has 0 radical (unpaired) electrons. The van der Waals surface area contributed by atoms with Gasteiger partial charge in [0.15, 0.2) is 0 Å². The lowest BCUT2D eigenvalue weighted by Crippen LogP contribution is -2.38. The van der Waals surface area contributed by atoms with Crippen LogP contribution in [0.15, 0.2) is 29.2 Å². The number of sulfonamides is 1. The molecule has 0 saturated carbocycles. The van der Waals surface area contributed by atoms with Crippen molar-refractivity contribution in [2.75, 3.05) is 25.5 Å². The van der Waals surface area contributed by atoms with Crippen LogP contribution in [0.25, 0.3) is 0 Å². The first-order valence-corrected chi connectivity index (χ1v) is 10.0. The molecule has 1 aliphatic rings. The van der Waals surface area contributed by atoms with Gasteiger partial charge in [-0.2, -0.15) is 5.10 Å². The third kappa shape index (κ3) is 3.14. The molecule has 1 aromatic carbocycles. The maximum atomic E-state index is 12.9. The molecule has 0 bridgehead atoms. The molecule has 26 heavy (non-hydrogen) atoms. The van der Waals surface area contributed by atoms with E-state index >= 15 is 0 Å². The molecular formula is C18H24N4O3S. The van der Waals surface area contributed by atoms with Crippen LogP contribution in [0.1, 0.15) is 23.4 Å². The molecule has 140 valence electrons. The summed E-state index contributed by atoms with van der Waals surface area (Å²) in [7, 11) is -0.627. The number of rotatable bonds is 4. The Bertz CT molecular complexity index is 947. The second-order valence-corrected chi connectivity index (χ2v) is 8.81. The zero-order chi connectivity index (χ0) is 19.1. The standard InChI is InChI=1S/C18H24N4O3S/c1-13-18(26(24,25)20(3)4)14(2)22(19-13)12-17(23)21-11-7-9-15-8-5-6-10-16(15)21/h5-6,8,10H,7,9,11-12H2,1-4H3. The van der Waals surface area contributed by atoms with Gasteiger partial charge in [0.05, 0.1) is 11.4 Å². The minimum Gasteiger partial charge on any atom is -0.311 e.